The van der Waals surface area contributed by atoms with Crippen molar-refractivity contribution in [1.82, 2.24) is 0 Å². The smallest absolute Gasteiger partial charge is 0.269 e. The number of hydrogen-bond acceptors (Lipinski definition) is 4. The van der Waals surface area contributed by atoms with Gasteiger partial charge in [-0.2, -0.15) is 0 Å². The van der Waals surface area contributed by atoms with E-state index in [4.69, 9.17) is 5.73 Å². The van der Waals surface area contributed by atoms with Gasteiger partial charge in [0.05, 0.1) is 11.5 Å². The molecule has 0 unspecified atom stereocenters. The first kappa shape index (κ1) is 7.72. The third-order valence-electron chi connectivity index (χ3n) is 2.00. The van der Waals surface area contributed by atoms with E-state index in [1.54, 1.807) is 6.07 Å². The van der Waals surface area contributed by atoms with Crippen molar-refractivity contribution in [2.75, 3.05) is 0 Å². The molecule has 0 saturated carbocycles. The summed E-state index contributed by atoms with van der Waals surface area (Å²) in [6.45, 7) is 0.447. The number of hydrogen-bond donors (Lipinski definition) is 1. The molecule has 13 heavy (non-hydrogen) atoms. The molecule has 5 heteroatoms. The van der Waals surface area contributed by atoms with Gasteiger partial charge in [0.1, 0.15) is 5.84 Å². The van der Waals surface area contributed by atoms with E-state index in [0.717, 1.165) is 11.1 Å². The van der Waals surface area contributed by atoms with Crippen molar-refractivity contribution < 1.29 is 4.92 Å². The number of nitrogens with two attached hydrogens (primary N) is 1. The summed E-state index contributed by atoms with van der Waals surface area (Å²) in [5.74, 6) is 0.463. The largest absolute Gasteiger partial charge is 0.383 e. The Hall–Kier alpha value is -1.91. The number of fused-ring (bicyclic) bond motifs is 1. The van der Waals surface area contributed by atoms with Crippen molar-refractivity contribution in [2.45, 2.75) is 6.54 Å². The third-order valence-corrected chi connectivity index (χ3v) is 2.00. The van der Waals surface area contributed by atoms with E-state index in [9.17, 15) is 10.1 Å². The van der Waals surface area contributed by atoms with E-state index in [1.165, 1.54) is 12.1 Å². The van der Waals surface area contributed by atoms with Gasteiger partial charge in [-0.3, -0.25) is 15.1 Å². The maximum Gasteiger partial charge on any atom is 0.269 e. The fourth-order valence-electron chi connectivity index (χ4n) is 1.33. The van der Waals surface area contributed by atoms with Crippen LogP contribution in [0.5, 0.6) is 0 Å². The first-order chi connectivity index (χ1) is 6.18. The molecule has 0 aromatic heterocycles. The molecule has 0 radical (unpaired) electrons. The monoisotopic (exact) mass is 177 g/mol. The number of non-ortho nitro benzene ring substituents is 1. The second-order valence-electron chi connectivity index (χ2n) is 2.80. The summed E-state index contributed by atoms with van der Waals surface area (Å²) in [4.78, 5) is 14.0. The summed E-state index contributed by atoms with van der Waals surface area (Å²) in [5, 5.41) is 10.4. The zero-order chi connectivity index (χ0) is 9.42. The summed E-state index contributed by atoms with van der Waals surface area (Å²) < 4.78 is 0. The van der Waals surface area contributed by atoms with Crippen LogP contribution in [0.1, 0.15) is 11.1 Å². The number of benzene rings is 1. The van der Waals surface area contributed by atoms with Crippen molar-refractivity contribution in [3.8, 4) is 0 Å². The van der Waals surface area contributed by atoms with Crippen LogP contribution in [0.25, 0.3) is 0 Å². The normalized spacial score (nSPS) is 13.7. The first-order valence-electron chi connectivity index (χ1n) is 3.76. The number of aliphatic imine (C=N–C) groups is 1. The van der Waals surface area contributed by atoms with Crippen LogP contribution >= 0.6 is 0 Å². The lowest BCUT2D eigenvalue weighted by Gasteiger charge is -1.97. The van der Waals surface area contributed by atoms with E-state index in [-0.39, 0.29) is 5.69 Å². The molecule has 0 bridgehead atoms. The van der Waals surface area contributed by atoms with Gasteiger partial charge in [0.25, 0.3) is 5.69 Å². The molecule has 1 aromatic carbocycles. The molecule has 1 aliphatic heterocycles. The highest BCUT2D eigenvalue weighted by molar-refractivity contribution is 6.00. The lowest BCUT2D eigenvalue weighted by Crippen LogP contribution is -2.10. The van der Waals surface area contributed by atoms with Crippen molar-refractivity contribution in [3.63, 3.8) is 0 Å². The van der Waals surface area contributed by atoms with E-state index in [2.05, 4.69) is 4.99 Å². The van der Waals surface area contributed by atoms with Crippen LogP contribution < -0.4 is 5.73 Å². The van der Waals surface area contributed by atoms with Crippen LogP contribution in [0.15, 0.2) is 23.2 Å². The predicted molar refractivity (Wildman–Crippen MR) is 47.5 cm³/mol. The molecule has 0 spiro atoms. The SMILES string of the molecule is NC1=NCc2cc([N+](=O)[O-])ccc21. The van der Waals surface area contributed by atoms with Crippen molar-refractivity contribution >= 4 is 11.5 Å². The fourth-order valence-corrected chi connectivity index (χ4v) is 1.33. The van der Waals surface area contributed by atoms with Crippen LogP contribution in [0.3, 0.4) is 0 Å². The number of nitro benzene ring substituents is 1. The molecule has 0 atom stereocenters. The van der Waals surface area contributed by atoms with Gasteiger partial charge >= 0.3 is 0 Å². The van der Waals surface area contributed by atoms with E-state index >= 15 is 0 Å². The Bertz CT molecular complexity index is 412. The molecule has 0 aliphatic carbocycles. The molecule has 1 heterocycles. The molecule has 0 fully saturated rings. The Morgan fingerprint density at radius 1 is 1.54 bits per heavy atom. The zero-order valence-electron chi connectivity index (χ0n) is 6.73. The Balaban J connectivity index is 2.49. The van der Waals surface area contributed by atoms with E-state index < -0.39 is 4.92 Å². The average Bonchev–Trinajstić information content (AvgIpc) is 2.47. The van der Waals surface area contributed by atoms with Crippen LogP contribution in [0.4, 0.5) is 5.69 Å². The lowest BCUT2D eigenvalue weighted by molar-refractivity contribution is -0.384. The highest BCUT2D eigenvalue weighted by Crippen LogP contribution is 2.22. The zero-order valence-corrected chi connectivity index (χ0v) is 6.73. The topological polar surface area (TPSA) is 81.5 Å². The standard InChI is InChI=1S/C8H7N3O2/c9-8-7-2-1-6(11(12)13)3-5(7)4-10-8/h1-3H,4H2,(H2,9,10). The molecular formula is C8H7N3O2. The summed E-state index contributed by atoms with van der Waals surface area (Å²) in [5.41, 5.74) is 7.28. The Morgan fingerprint density at radius 2 is 2.31 bits per heavy atom. The summed E-state index contributed by atoms with van der Waals surface area (Å²) in [6, 6.07) is 4.59. The van der Waals surface area contributed by atoms with Gasteiger partial charge in [-0.1, -0.05) is 0 Å². The molecule has 66 valence electrons. The van der Waals surface area contributed by atoms with Gasteiger partial charge in [0, 0.05) is 17.7 Å². The molecule has 0 amide bonds. The van der Waals surface area contributed by atoms with Crippen molar-refractivity contribution in [3.05, 3.63) is 39.4 Å². The summed E-state index contributed by atoms with van der Waals surface area (Å²) in [6.07, 6.45) is 0. The Kier molecular flexibility index (Phi) is 1.51. The summed E-state index contributed by atoms with van der Waals surface area (Å²) >= 11 is 0. The number of rotatable bonds is 1. The molecule has 2 N–H and O–H groups in total. The molecule has 5 nitrogen and oxygen atoms in total. The van der Waals surface area contributed by atoms with Gasteiger partial charge in [-0.15, -0.1) is 0 Å². The highest BCUT2D eigenvalue weighted by atomic mass is 16.6. The molecule has 0 saturated heterocycles. The van der Waals surface area contributed by atoms with Gasteiger partial charge in [-0.05, 0) is 11.6 Å². The minimum Gasteiger partial charge on any atom is -0.383 e. The number of amidine groups is 1. The second-order valence-corrected chi connectivity index (χ2v) is 2.80. The van der Waals surface area contributed by atoms with E-state index in [0.29, 0.717) is 12.4 Å². The van der Waals surface area contributed by atoms with Gasteiger partial charge in [-0.25, -0.2) is 0 Å². The van der Waals surface area contributed by atoms with Crippen LogP contribution in [0, 0.1) is 10.1 Å². The third kappa shape index (κ3) is 1.14. The van der Waals surface area contributed by atoms with Gasteiger partial charge in [0.2, 0.25) is 0 Å². The highest BCUT2D eigenvalue weighted by Gasteiger charge is 2.16. The Labute approximate surface area is 74.0 Å². The predicted octanol–water partition coefficient (Wildman–Crippen LogP) is 0.814. The molecule has 2 rings (SSSR count). The number of nitro groups is 1. The quantitative estimate of drug-likeness (QED) is 0.509. The van der Waals surface area contributed by atoms with Crippen LogP contribution in [0.2, 0.25) is 0 Å². The molecule has 1 aromatic rings. The first-order valence-corrected chi connectivity index (χ1v) is 3.76. The minimum absolute atomic E-state index is 0.0867. The maximum atomic E-state index is 10.4. The maximum absolute atomic E-state index is 10.4. The van der Waals surface area contributed by atoms with Crippen molar-refractivity contribution in [2.24, 2.45) is 10.7 Å². The van der Waals surface area contributed by atoms with Crippen molar-refractivity contribution in [1.29, 1.82) is 0 Å². The Morgan fingerprint density at radius 3 is 3.00 bits per heavy atom. The van der Waals surface area contributed by atoms with E-state index in [1.807, 2.05) is 0 Å². The fraction of sp³-hybridized carbons (Fsp3) is 0.125. The molecular weight excluding hydrogens is 170 g/mol. The average molecular weight is 177 g/mol. The van der Waals surface area contributed by atoms with Gasteiger partial charge in [0.15, 0.2) is 0 Å². The summed E-state index contributed by atoms with van der Waals surface area (Å²) in [7, 11) is 0. The minimum atomic E-state index is -0.422. The molecule has 1 aliphatic rings. The lowest BCUT2D eigenvalue weighted by atomic mass is 10.1. The second kappa shape index (κ2) is 2.55. The van der Waals surface area contributed by atoms with Crippen LogP contribution in [-0.2, 0) is 6.54 Å². The van der Waals surface area contributed by atoms with Gasteiger partial charge < -0.3 is 5.73 Å². The number of nitrogens with zero attached hydrogens (tertiary/aromatic N) is 2. The van der Waals surface area contributed by atoms with Crippen LogP contribution in [-0.4, -0.2) is 10.8 Å².